The molecule has 0 spiro atoms. The van der Waals surface area contributed by atoms with Crippen LogP contribution in [0.3, 0.4) is 0 Å². The maximum Gasteiger partial charge on any atom is 0.127 e. The summed E-state index contributed by atoms with van der Waals surface area (Å²) in [5, 5.41) is 17.0. The molecule has 0 aliphatic heterocycles. The Kier molecular flexibility index (Phi) is 4.66. The first-order valence-corrected chi connectivity index (χ1v) is 9.49. The number of hydrogen-bond donors (Lipinski definition) is 1. The van der Waals surface area contributed by atoms with Crippen molar-refractivity contribution in [1.29, 1.82) is 0 Å². The first-order chi connectivity index (χ1) is 12.8. The van der Waals surface area contributed by atoms with Crippen LogP contribution in [0.4, 0.5) is 0 Å². The number of ether oxygens (including phenoxy) is 1. The molecule has 2 heteroatoms. The van der Waals surface area contributed by atoms with E-state index in [-0.39, 0.29) is 0 Å². The highest BCUT2D eigenvalue weighted by Crippen LogP contribution is 2.42. The topological polar surface area (TPSA) is 29.5 Å². The fraction of sp³-hybridized carbons (Fsp3) is 0.250. The number of aromatic hydroxyl groups is 1. The van der Waals surface area contributed by atoms with Gasteiger partial charge in [0.2, 0.25) is 0 Å². The molecule has 0 amide bonds. The highest BCUT2D eigenvalue weighted by molar-refractivity contribution is 6.28. The summed E-state index contributed by atoms with van der Waals surface area (Å²) in [6, 6.07) is 20.3. The zero-order chi connectivity index (χ0) is 17.9. The van der Waals surface area contributed by atoms with Crippen molar-refractivity contribution < 1.29 is 9.84 Å². The van der Waals surface area contributed by atoms with E-state index in [9.17, 15) is 5.11 Å². The van der Waals surface area contributed by atoms with Gasteiger partial charge >= 0.3 is 0 Å². The number of hydrogen-bond acceptors (Lipinski definition) is 2. The number of benzene rings is 4. The molecule has 26 heavy (non-hydrogen) atoms. The molecule has 132 valence electrons. The summed E-state index contributed by atoms with van der Waals surface area (Å²) in [6.45, 7) is 2.95. The van der Waals surface area contributed by atoms with Crippen LogP contribution in [0.2, 0.25) is 0 Å². The van der Waals surface area contributed by atoms with E-state index in [1.54, 1.807) is 6.07 Å². The summed E-state index contributed by atoms with van der Waals surface area (Å²) in [5.74, 6) is 1.22. The van der Waals surface area contributed by atoms with Gasteiger partial charge in [0, 0.05) is 10.8 Å². The maximum absolute atomic E-state index is 10.6. The van der Waals surface area contributed by atoms with Crippen molar-refractivity contribution in [3.63, 3.8) is 0 Å². The predicted octanol–water partition coefficient (Wildman–Crippen LogP) is 6.81. The molecule has 0 heterocycles. The molecule has 0 unspecified atom stereocenters. The maximum atomic E-state index is 10.6. The number of phenols is 1. The minimum Gasteiger partial charge on any atom is -0.507 e. The first kappa shape index (κ1) is 16.7. The molecule has 0 radical (unpaired) electrons. The lowest BCUT2D eigenvalue weighted by Gasteiger charge is -2.15. The van der Waals surface area contributed by atoms with Gasteiger partial charge in [0.1, 0.15) is 11.5 Å². The average molecular weight is 344 g/mol. The molecule has 0 aliphatic rings. The third-order valence-electron chi connectivity index (χ3n) is 5.08. The van der Waals surface area contributed by atoms with Crippen molar-refractivity contribution in [1.82, 2.24) is 0 Å². The van der Waals surface area contributed by atoms with Crippen LogP contribution in [0.25, 0.3) is 32.3 Å². The van der Waals surface area contributed by atoms with Crippen molar-refractivity contribution in [3.05, 3.63) is 60.7 Å². The largest absolute Gasteiger partial charge is 0.507 e. The van der Waals surface area contributed by atoms with E-state index < -0.39 is 0 Å². The molecule has 4 aromatic carbocycles. The van der Waals surface area contributed by atoms with Gasteiger partial charge in [0.15, 0.2) is 0 Å². The van der Waals surface area contributed by atoms with Crippen LogP contribution in [0.15, 0.2) is 60.7 Å². The molecule has 0 bridgehead atoms. The van der Waals surface area contributed by atoms with Crippen LogP contribution in [-0.2, 0) is 0 Å². The van der Waals surface area contributed by atoms with Crippen molar-refractivity contribution in [2.24, 2.45) is 0 Å². The standard InChI is InChI=1S/C24H24O2/c1-2-3-4-7-16-26-22-15-9-12-19-17-10-5-6-11-18(17)23-20(24(19)22)13-8-14-21(23)25/h5-6,8-15,25H,2-4,7,16H2,1H3. The first-order valence-electron chi connectivity index (χ1n) is 9.49. The van der Waals surface area contributed by atoms with Crippen LogP contribution >= 0.6 is 0 Å². The molecular weight excluding hydrogens is 320 g/mol. The van der Waals surface area contributed by atoms with E-state index in [1.807, 2.05) is 24.3 Å². The van der Waals surface area contributed by atoms with Crippen LogP contribution in [0, 0.1) is 0 Å². The molecule has 0 fully saturated rings. The minimum absolute atomic E-state index is 0.318. The molecule has 4 aromatic rings. The van der Waals surface area contributed by atoms with E-state index in [1.165, 1.54) is 24.6 Å². The lowest BCUT2D eigenvalue weighted by atomic mass is 9.93. The van der Waals surface area contributed by atoms with Gasteiger partial charge in [-0.1, -0.05) is 74.7 Å². The monoisotopic (exact) mass is 344 g/mol. The number of unbranched alkanes of at least 4 members (excludes halogenated alkanes) is 3. The zero-order valence-electron chi connectivity index (χ0n) is 15.2. The van der Waals surface area contributed by atoms with Crippen molar-refractivity contribution in [2.45, 2.75) is 32.6 Å². The Morgan fingerprint density at radius 1 is 0.692 bits per heavy atom. The Balaban J connectivity index is 1.92. The third kappa shape index (κ3) is 2.86. The Morgan fingerprint density at radius 3 is 2.23 bits per heavy atom. The van der Waals surface area contributed by atoms with E-state index in [4.69, 9.17) is 4.74 Å². The average Bonchev–Trinajstić information content (AvgIpc) is 2.68. The van der Waals surface area contributed by atoms with Crippen molar-refractivity contribution in [3.8, 4) is 11.5 Å². The summed E-state index contributed by atoms with van der Waals surface area (Å²) < 4.78 is 6.18. The summed E-state index contributed by atoms with van der Waals surface area (Å²) in [7, 11) is 0. The van der Waals surface area contributed by atoms with Gasteiger partial charge in [-0.2, -0.15) is 0 Å². The van der Waals surface area contributed by atoms with Gasteiger partial charge in [0.05, 0.1) is 6.61 Å². The molecule has 0 saturated carbocycles. The van der Waals surface area contributed by atoms with Crippen LogP contribution in [0.1, 0.15) is 32.6 Å². The van der Waals surface area contributed by atoms with Gasteiger partial charge in [-0.15, -0.1) is 0 Å². The van der Waals surface area contributed by atoms with Gasteiger partial charge in [-0.3, -0.25) is 0 Å². The molecule has 0 atom stereocenters. The smallest absolute Gasteiger partial charge is 0.127 e. The molecule has 2 nitrogen and oxygen atoms in total. The predicted molar refractivity (Wildman–Crippen MR) is 110 cm³/mol. The summed E-state index contributed by atoms with van der Waals surface area (Å²) in [6.07, 6.45) is 4.75. The highest BCUT2D eigenvalue weighted by atomic mass is 16.5. The summed E-state index contributed by atoms with van der Waals surface area (Å²) >= 11 is 0. The Bertz CT molecular complexity index is 1070. The SMILES string of the molecule is CCCCCCOc1cccc2c3ccccc3c3c(O)cccc3c12. The summed E-state index contributed by atoms with van der Waals surface area (Å²) in [5.41, 5.74) is 0. The Morgan fingerprint density at radius 2 is 1.38 bits per heavy atom. The van der Waals surface area contributed by atoms with E-state index in [0.717, 1.165) is 45.7 Å². The van der Waals surface area contributed by atoms with Crippen molar-refractivity contribution >= 4 is 32.3 Å². The summed E-state index contributed by atoms with van der Waals surface area (Å²) in [4.78, 5) is 0. The molecular formula is C24H24O2. The normalized spacial score (nSPS) is 11.4. The fourth-order valence-electron chi connectivity index (χ4n) is 3.83. The molecule has 0 aliphatic carbocycles. The Labute approximate surface area is 154 Å². The number of rotatable bonds is 6. The van der Waals surface area contributed by atoms with Gasteiger partial charge < -0.3 is 9.84 Å². The van der Waals surface area contributed by atoms with Gasteiger partial charge in [0.25, 0.3) is 0 Å². The second-order valence-corrected chi connectivity index (χ2v) is 6.83. The van der Waals surface area contributed by atoms with E-state index >= 15 is 0 Å². The number of phenolic OH excluding ortho intramolecular Hbond substituents is 1. The van der Waals surface area contributed by atoms with Crippen molar-refractivity contribution in [2.75, 3.05) is 6.61 Å². The van der Waals surface area contributed by atoms with Gasteiger partial charge in [-0.05, 0) is 40.1 Å². The quantitative estimate of drug-likeness (QED) is 0.307. The van der Waals surface area contributed by atoms with Crippen LogP contribution < -0.4 is 4.74 Å². The fourth-order valence-corrected chi connectivity index (χ4v) is 3.83. The van der Waals surface area contributed by atoms with Crippen LogP contribution in [-0.4, -0.2) is 11.7 Å². The highest BCUT2D eigenvalue weighted by Gasteiger charge is 2.14. The van der Waals surface area contributed by atoms with E-state index in [0.29, 0.717) is 5.75 Å². The van der Waals surface area contributed by atoms with E-state index in [2.05, 4.69) is 37.3 Å². The lowest BCUT2D eigenvalue weighted by Crippen LogP contribution is -1.98. The molecule has 0 saturated heterocycles. The van der Waals surface area contributed by atoms with Crippen LogP contribution in [0.5, 0.6) is 11.5 Å². The lowest BCUT2D eigenvalue weighted by molar-refractivity contribution is 0.308. The molecule has 0 aromatic heterocycles. The second kappa shape index (κ2) is 7.25. The van der Waals surface area contributed by atoms with Gasteiger partial charge in [-0.25, -0.2) is 0 Å². The number of fused-ring (bicyclic) bond motifs is 6. The minimum atomic E-state index is 0.318. The molecule has 1 N–H and O–H groups in total. The Hall–Kier alpha value is -2.74. The molecule has 4 rings (SSSR count). The third-order valence-corrected chi connectivity index (χ3v) is 5.08. The zero-order valence-corrected chi connectivity index (χ0v) is 15.2. The second-order valence-electron chi connectivity index (χ2n) is 6.83.